The molecule has 0 fully saturated rings. The molecule has 2 N–H and O–H groups in total. The lowest BCUT2D eigenvalue weighted by Crippen LogP contribution is -2.08. The van der Waals surface area contributed by atoms with Crippen LogP contribution in [-0.4, -0.2) is 39.2 Å². The molecular formula is C27H21FN6. The fraction of sp³-hybridized carbons (Fsp3) is 0.0741. The molecule has 0 aliphatic carbocycles. The molecule has 0 saturated heterocycles. The third-order valence-corrected chi connectivity index (χ3v) is 6.04. The molecule has 6 nitrogen and oxygen atoms in total. The molecule has 34 heavy (non-hydrogen) atoms. The number of rotatable bonds is 4. The summed E-state index contributed by atoms with van der Waals surface area (Å²) in [5.41, 5.74) is 7.50. The molecule has 0 spiro atoms. The Morgan fingerprint density at radius 1 is 0.824 bits per heavy atom. The molecule has 7 heteroatoms. The van der Waals surface area contributed by atoms with Crippen LogP contribution in [0.5, 0.6) is 0 Å². The van der Waals surface area contributed by atoms with Crippen LogP contribution in [0.3, 0.4) is 0 Å². The van der Waals surface area contributed by atoms with Gasteiger partial charge in [0, 0.05) is 42.4 Å². The van der Waals surface area contributed by atoms with E-state index in [1.54, 1.807) is 12.1 Å². The number of nitrogens with zero attached hydrogens (tertiary/aromatic N) is 4. The first-order valence-electron chi connectivity index (χ1n) is 10.9. The average Bonchev–Trinajstić information content (AvgIpc) is 3.48. The van der Waals surface area contributed by atoms with E-state index in [-0.39, 0.29) is 5.82 Å². The smallest absolute Gasteiger partial charge is 0.159 e. The van der Waals surface area contributed by atoms with Crippen molar-refractivity contribution < 1.29 is 4.39 Å². The number of halogens is 1. The number of benzene rings is 3. The van der Waals surface area contributed by atoms with Gasteiger partial charge in [0.2, 0.25) is 0 Å². The van der Waals surface area contributed by atoms with E-state index in [1.807, 2.05) is 61.7 Å². The van der Waals surface area contributed by atoms with Crippen molar-refractivity contribution in [3.8, 4) is 33.8 Å². The molecule has 0 aliphatic rings. The van der Waals surface area contributed by atoms with Crippen molar-refractivity contribution in [1.29, 1.82) is 0 Å². The van der Waals surface area contributed by atoms with Gasteiger partial charge < -0.3 is 9.88 Å². The summed E-state index contributed by atoms with van der Waals surface area (Å²) in [6.45, 7) is 0. The number of aromatic amines is 2. The van der Waals surface area contributed by atoms with Gasteiger partial charge in [0.05, 0.1) is 28.4 Å². The Bertz CT molecular complexity index is 1660. The van der Waals surface area contributed by atoms with Gasteiger partial charge in [-0.1, -0.05) is 36.4 Å². The predicted octanol–water partition coefficient (Wildman–Crippen LogP) is 6.04. The zero-order chi connectivity index (χ0) is 23.2. The van der Waals surface area contributed by atoms with Crippen molar-refractivity contribution in [1.82, 2.24) is 25.1 Å². The summed E-state index contributed by atoms with van der Waals surface area (Å²) in [6.07, 6.45) is 3.70. The molecule has 3 aromatic heterocycles. The second-order valence-corrected chi connectivity index (χ2v) is 8.43. The Balaban J connectivity index is 1.49. The topological polar surface area (TPSA) is 73.5 Å². The molecule has 166 valence electrons. The Labute approximate surface area is 195 Å². The molecule has 0 unspecified atom stereocenters. The lowest BCUT2D eigenvalue weighted by molar-refractivity contribution is 0.631. The molecule has 0 saturated carbocycles. The van der Waals surface area contributed by atoms with E-state index < -0.39 is 0 Å². The van der Waals surface area contributed by atoms with Crippen LogP contribution in [0.2, 0.25) is 0 Å². The number of H-pyrrole nitrogens is 2. The Hall–Kier alpha value is -4.52. The van der Waals surface area contributed by atoms with Crippen molar-refractivity contribution in [2.45, 2.75) is 0 Å². The van der Waals surface area contributed by atoms with Gasteiger partial charge in [-0.2, -0.15) is 5.10 Å². The van der Waals surface area contributed by atoms with E-state index >= 15 is 0 Å². The highest BCUT2D eigenvalue weighted by Gasteiger charge is 2.17. The van der Waals surface area contributed by atoms with Gasteiger partial charge in [0.1, 0.15) is 11.5 Å². The highest BCUT2D eigenvalue weighted by Crippen LogP contribution is 2.34. The quantitative estimate of drug-likeness (QED) is 0.345. The first kappa shape index (κ1) is 20.1. The van der Waals surface area contributed by atoms with E-state index in [0.29, 0.717) is 22.6 Å². The largest absolute Gasteiger partial charge is 0.376 e. The van der Waals surface area contributed by atoms with Gasteiger partial charge in [-0.3, -0.25) is 10.1 Å². The minimum atomic E-state index is -0.275. The second kappa shape index (κ2) is 7.81. The van der Waals surface area contributed by atoms with E-state index in [2.05, 4.69) is 38.4 Å². The highest BCUT2D eigenvalue weighted by atomic mass is 19.1. The summed E-state index contributed by atoms with van der Waals surface area (Å²) >= 11 is 0. The second-order valence-electron chi connectivity index (χ2n) is 8.43. The van der Waals surface area contributed by atoms with Crippen LogP contribution in [-0.2, 0) is 0 Å². The standard InChI is InChI=1S/C27H21FN6/c1-34(2)18-12-17(14-29-15-18)16-10-11-23-21(13-16)26(33-32-23)27-30-24-9-5-7-20(25(24)31-27)19-6-3-4-8-22(19)28/h3-15H,1-2H3,(H,30,31)(H,32,33). The summed E-state index contributed by atoms with van der Waals surface area (Å²) in [4.78, 5) is 14.6. The third kappa shape index (κ3) is 3.29. The van der Waals surface area contributed by atoms with Gasteiger partial charge in [-0.05, 0) is 35.9 Å². The number of pyridine rings is 1. The number of nitrogens with one attached hydrogen (secondary N) is 2. The summed E-state index contributed by atoms with van der Waals surface area (Å²) in [7, 11) is 3.99. The monoisotopic (exact) mass is 448 g/mol. The van der Waals surface area contributed by atoms with E-state index in [0.717, 1.165) is 38.8 Å². The van der Waals surface area contributed by atoms with Gasteiger partial charge in [-0.15, -0.1) is 0 Å². The fourth-order valence-corrected chi connectivity index (χ4v) is 4.25. The van der Waals surface area contributed by atoms with Crippen molar-refractivity contribution in [3.05, 3.63) is 84.9 Å². The number of hydrogen-bond acceptors (Lipinski definition) is 4. The van der Waals surface area contributed by atoms with Crippen LogP contribution in [0.1, 0.15) is 0 Å². The van der Waals surface area contributed by atoms with Crippen LogP contribution in [0.25, 0.3) is 55.7 Å². The van der Waals surface area contributed by atoms with Crippen molar-refractivity contribution in [2.24, 2.45) is 0 Å². The van der Waals surface area contributed by atoms with E-state index in [9.17, 15) is 4.39 Å². The van der Waals surface area contributed by atoms with Crippen molar-refractivity contribution in [3.63, 3.8) is 0 Å². The maximum Gasteiger partial charge on any atom is 0.159 e. The van der Waals surface area contributed by atoms with Crippen LogP contribution in [0.15, 0.2) is 79.1 Å². The normalized spacial score (nSPS) is 11.4. The van der Waals surface area contributed by atoms with E-state index in [4.69, 9.17) is 4.98 Å². The molecule has 0 atom stereocenters. The number of imidazole rings is 1. The lowest BCUT2D eigenvalue weighted by Gasteiger charge is -2.13. The zero-order valence-electron chi connectivity index (χ0n) is 18.7. The van der Waals surface area contributed by atoms with Crippen molar-refractivity contribution in [2.75, 3.05) is 19.0 Å². The molecule has 0 aliphatic heterocycles. The number of para-hydroxylation sites is 1. The molecular weight excluding hydrogens is 427 g/mol. The van der Waals surface area contributed by atoms with Gasteiger partial charge in [0.25, 0.3) is 0 Å². The molecule has 6 aromatic rings. The first-order chi connectivity index (χ1) is 16.6. The molecule has 3 aromatic carbocycles. The highest BCUT2D eigenvalue weighted by molar-refractivity contribution is 5.98. The Kier molecular flexibility index (Phi) is 4.62. The molecule has 0 radical (unpaired) electrons. The van der Waals surface area contributed by atoms with Crippen LogP contribution < -0.4 is 4.90 Å². The Morgan fingerprint density at radius 3 is 2.53 bits per heavy atom. The molecule has 0 amide bonds. The van der Waals surface area contributed by atoms with Gasteiger partial charge in [0.15, 0.2) is 5.82 Å². The molecule has 3 heterocycles. The van der Waals surface area contributed by atoms with Crippen LogP contribution >= 0.6 is 0 Å². The maximum atomic E-state index is 14.5. The van der Waals surface area contributed by atoms with Crippen LogP contribution in [0.4, 0.5) is 10.1 Å². The summed E-state index contributed by atoms with van der Waals surface area (Å²) < 4.78 is 14.5. The summed E-state index contributed by atoms with van der Waals surface area (Å²) in [5, 5.41) is 8.59. The maximum absolute atomic E-state index is 14.5. The average molecular weight is 449 g/mol. The summed E-state index contributed by atoms with van der Waals surface area (Å²) in [6, 6.07) is 20.7. The summed E-state index contributed by atoms with van der Waals surface area (Å²) in [5.74, 6) is 0.352. The number of anilines is 1. The minimum Gasteiger partial charge on any atom is -0.376 e. The predicted molar refractivity (Wildman–Crippen MR) is 134 cm³/mol. The molecule has 6 rings (SSSR count). The van der Waals surface area contributed by atoms with E-state index in [1.165, 1.54) is 6.07 Å². The number of hydrogen-bond donors (Lipinski definition) is 2. The van der Waals surface area contributed by atoms with Gasteiger partial charge >= 0.3 is 0 Å². The number of aromatic nitrogens is 5. The van der Waals surface area contributed by atoms with Gasteiger partial charge in [-0.25, -0.2) is 9.37 Å². The SMILES string of the molecule is CN(C)c1cncc(-c2ccc3[nH]nc(-c4nc5c(-c6ccccc6F)cccc5[nH]4)c3c2)c1. The van der Waals surface area contributed by atoms with Crippen molar-refractivity contribution >= 4 is 27.6 Å². The first-order valence-corrected chi connectivity index (χ1v) is 10.9. The minimum absolute atomic E-state index is 0.275. The Morgan fingerprint density at radius 2 is 1.68 bits per heavy atom. The molecule has 0 bridgehead atoms. The zero-order valence-corrected chi connectivity index (χ0v) is 18.7. The lowest BCUT2D eigenvalue weighted by atomic mass is 10.0. The fourth-order valence-electron chi connectivity index (χ4n) is 4.25. The third-order valence-electron chi connectivity index (χ3n) is 6.04. The van der Waals surface area contributed by atoms with Crippen LogP contribution in [0, 0.1) is 5.82 Å². The number of fused-ring (bicyclic) bond motifs is 2.